The molecule has 2 aromatic rings. The molecular formula is C16H19N3O5S. The van der Waals surface area contributed by atoms with E-state index in [1.807, 2.05) is 13.8 Å². The first kappa shape index (κ1) is 18.7. The fraction of sp³-hybridized carbons (Fsp3) is 0.312. The number of anilines is 1. The van der Waals surface area contributed by atoms with Crippen LogP contribution >= 0.6 is 0 Å². The van der Waals surface area contributed by atoms with Crippen LogP contribution in [0.25, 0.3) is 0 Å². The quantitative estimate of drug-likeness (QED) is 0.587. The molecule has 0 bridgehead atoms. The SMILES string of the molecule is CCNc1ncc(C(=O)OCC)c(OS(=O)(=O)c2ccc(C)cc2)n1. The molecular weight excluding hydrogens is 346 g/mol. The van der Waals surface area contributed by atoms with E-state index in [9.17, 15) is 13.2 Å². The minimum absolute atomic E-state index is 0.0449. The average molecular weight is 365 g/mol. The highest BCUT2D eigenvalue weighted by Gasteiger charge is 2.24. The Morgan fingerprint density at radius 2 is 1.88 bits per heavy atom. The summed E-state index contributed by atoms with van der Waals surface area (Å²) in [5, 5.41) is 2.83. The molecule has 0 atom stereocenters. The molecule has 0 amide bonds. The molecule has 1 N–H and O–H groups in total. The van der Waals surface area contributed by atoms with Gasteiger partial charge in [-0.05, 0) is 32.9 Å². The summed E-state index contributed by atoms with van der Waals surface area (Å²) >= 11 is 0. The van der Waals surface area contributed by atoms with Crippen molar-refractivity contribution in [2.45, 2.75) is 25.7 Å². The second-order valence-corrected chi connectivity index (χ2v) is 6.56. The van der Waals surface area contributed by atoms with Crippen LogP contribution in [0, 0.1) is 6.92 Å². The topological polar surface area (TPSA) is 107 Å². The number of ether oxygens (including phenoxy) is 1. The summed E-state index contributed by atoms with van der Waals surface area (Å²) in [7, 11) is -4.16. The third-order valence-electron chi connectivity index (χ3n) is 3.08. The van der Waals surface area contributed by atoms with Crippen molar-refractivity contribution in [3.63, 3.8) is 0 Å². The lowest BCUT2D eigenvalue weighted by molar-refractivity contribution is 0.0523. The van der Waals surface area contributed by atoms with Crippen LogP contribution in [0.5, 0.6) is 5.88 Å². The fourth-order valence-electron chi connectivity index (χ4n) is 1.88. The predicted molar refractivity (Wildman–Crippen MR) is 91.1 cm³/mol. The Morgan fingerprint density at radius 3 is 2.48 bits per heavy atom. The predicted octanol–water partition coefficient (Wildman–Crippen LogP) is 2.16. The van der Waals surface area contributed by atoms with Gasteiger partial charge < -0.3 is 14.2 Å². The van der Waals surface area contributed by atoms with Gasteiger partial charge in [-0.1, -0.05) is 17.7 Å². The third-order valence-corrected chi connectivity index (χ3v) is 4.31. The fourth-order valence-corrected chi connectivity index (χ4v) is 2.78. The minimum Gasteiger partial charge on any atom is -0.462 e. The molecule has 0 saturated heterocycles. The summed E-state index contributed by atoms with van der Waals surface area (Å²) < 4.78 is 34.9. The zero-order valence-electron chi connectivity index (χ0n) is 14.1. The maximum atomic E-state index is 12.5. The second kappa shape index (κ2) is 7.93. The van der Waals surface area contributed by atoms with Gasteiger partial charge in [0.25, 0.3) is 5.88 Å². The third kappa shape index (κ3) is 4.66. The lowest BCUT2D eigenvalue weighted by Crippen LogP contribution is -2.16. The van der Waals surface area contributed by atoms with Crippen molar-refractivity contribution in [3.8, 4) is 5.88 Å². The van der Waals surface area contributed by atoms with Crippen molar-refractivity contribution in [1.29, 1.82) is 0 Å². The molecule has 0 saturated carbocycles. The van der Waals surface area contributed by atoms with Crippen LogP contribution in [0.4, 0.5) is 5.95 Å². The van der Waals surface area contributed by atoms with Crippen LogP contribution in [0.1, 0.15) is 29.8 Å². The largest absolute Gasteiger partial charge is 0.462 e. The number of carbonyl (C=O) groups excluding carboxylic acids is 1. The normalized spacial score (nSPS) is 11.0. The number of hydrogen-bond acceptors (Lipinski definition) is 8. The van der Waals surface area contributed by atoms with Gasteiger partial charge in [-0.15, -0.1) is 0 Å². The standard InChI is InChI=1S/C16H19N3O5S/c1-4-17-16-18-10-13(15(20)23-5-2)14(19-16)24-25(21,22)12-8-6-11(3)7-9-12/h6-10H,4-5H2,1-3H3,(H,17,18,19). The average Bonchev–Trinajstić information content (AvgIpc) is 2.55. The summed E-state index contributed by atoms with van der Waals surface area (Å²) in [4.78, 5) is 19.9. The van der Waals surface area contributed by atoms with E-state index < -0.39 is 16.1 Å². The molecule has 1 heterocycles. The molecule has 8 nitrogen and oxygen atoms in total. The molecule has 25 heavy (non-hydrogen) atoms. The van der Waals surface area contributed by atoms with Gasteiger partial charge in [-0.3, -0.25) is 0 Å². The summed E-state index contributed by atoms with van der Waals surface area (Å²) in [6, 6.07) is 6.13. The minimum atomic E-state index is -4.16. The van der Waals surface area contributed by atoms with Crippen molar-refractivity contribution in [2.75, 3.05) is 18.5 Å². The molecule has 0 aliphatic carbocycles. The first-order valence-electron chi connectivity index (χ1n) is 7.66. The summed E-state index contributed by atoms with van der Waals surface area (Å²) in [5.74, 6) is -1.01. The van der Waals surface area contributed by atoms with E-state index in [0.717, 1.165) is 5.56 Å². The van der Waals surface area contributed by atoms with Crippen LogP contribution in [0.15, 0.2) is 35.4 Å². The van der Waals surface area contributed by atoms with E-state index in [1.54, 1.807) is 19.1 Å². The highest BCUT2D eigenvalue weighted by molar-refractivity contribution is 7.87. The molecule has 0 radical (unpaired) electrons. The molecule has 1 aromatic carbocycles. The van der Waals surface area contributed by atoms with Crippen LogP contribution < -0.4 is 9.50 Å². The molecule has 2 rings (SSSR count). The Balaban J connectivity index is 2.42. The van der Waals surface area contributed by atoms with Gasteiger partial charge in [0.2, 0.25) is 5.95 Å². The first-order valence-corrected chi connectivity index (χ1v) is 9.07. The number of benzene rings is 1. The summed E-state index contributed by atoms with van der Waals surface area (Å²) in [6.45, 7) is 5.94. The highest BCUT2D eigenvalue weighted by Crippen LogP contribution is 2.23. The molecule has 1 aromatic heterocycles. The van der Waals surface area contributed by atoms with Gasteiger partial charge in [0, 0.05) is 6.54 Å². The van der Waals surface area contributed by atoms with Crippen molar-refractivity contribution < 1.29 is 22.1 Å². The van der Waals surface area contributed by atoms with Gasteiger partial charge in [0.05, 0.1) is 12.8 Å². The van der Waals surface area contributed by atoms with E-state index in [1.165, 1.54) is 18.3 Å². The van der Waals surface area contributed by atoms with Gasteiger partial charge in [0.1, 0.15) is 10.5 Å². The lowest BCUT2D eigenvalue weighted by Gasteiger charge is -2.11. The van der Waals surface area contributed by atoms with E-state index in [2.05, 4.69) is 15.3 Å². The molecule has 0 aliphatic heterocycles. The number of hydrogen-bond donors (Lipinski definition) is 1. The Bertz CT molecular complexity index is 851. The van der Waals surface area contributed by atoms with Crippen LogP contribution in [0.3, 0.4) is 0 Å². The highest BCUT2D eigenvalue weighted by atomic mass is 32.2. The van der Waals surface area contributed by atoms with Crippen LogP contribution in [-0.4, -0.2) is 37.5 Å². The Kier molecular flexibility index (Phi) is 5.92. The van der Waals surface area contributed by atoms with E-state index in [4.69, 9.17) is 8.92 Å². The molecule has 0 spiro atoms. The van der Waals surface area contributed by atoms with E-state index >= 15 is 0 Å². The monoisotopic (exact) mass is 365 g/mol. The van der Waals surface area contributed by atoms with Gasteiger partial charge in [-0.25, -0.2) is 9.78 Å². The second-order valence-electron chi connectivity index (χ2n) is 5.01. The van der Waals surface area contributed by atoms with Gasteiger partial charge in [0.15, 0.2) is 0 Å². The van der Waals surface area contributed by atoms with Gasteiger partial charge in [-0.2, -0.15) is 13.4 Å². The Labute approximate surface area is 146 Å². The summed E-state index contributed by atoms with van der Waals surface area (Å²) in [5.41, 5.74) is 0.738. The van der Waals surface area contributed by atoms with Crippen LogP contribution in [-0.2, 0) is 14.9 Å². The zero-order valence-corrected chi connectivity index (χ0v) is 15.0. The first-order chi connectivity index (χ1) is 11.9. The lowest BCUT2D eigenvalue weighted by atomic mass is 10.2. The zero-order chi connectivity index (χ0) is 18.4. The van der Waals surface area contributed by atoms with Gasteiger partial charge >= 0.3 is 16.1 Å². The number of esters is 1. The molecule has 0 unspecified atom stereocenters. The summed E-state index contributed by atoms with van der Waals surface area (Å²) in [6.07, 6.45) is 1.17. The number of aromatic nitrogens is 2. The Hall–Kier alpha value is -2.68. The van der Waals surface area contributed by atoms with E-state index in [-0.39, 0.29) is 28.9 Å². The van der Waals surface area contributed by atoms with Crippen molar-refractivity contribution in [2.24, 2.45) is 0 Å². The van der Waals surface area contributed by atoms with Crippen molar-refractivity contribution in [3.05, 3.63) is 41.6 Å². The number of aryl methyl sites for hydroxylation is 1. The Morgan fingerprint density at radius 1 is 1.20 bits per heavy atom. The number of nitrogens with zero attached hydrogens (tertiary/aromatic N) is 2. The molecule has 134 valence electrons. The molecule has 0 fully saturated rings. The smallest absolute Gasteiger partial charge is 0.345 e. The molecule has 0 aliphatic rings. The van der Waals surface area contributed by atoms with Crippen LogP contribution in [0.2, 0.25) is 0 Å². The number of carbonyl (C=O) groups is 1. The molecule has 9 heteroatoms. The van der Waals surface area contributed by atoms with Crippen molar-refractivity contribution >= 4 is 22.0 Å². The van der Waals surface area contributed by atoms with Crippen molar-refractivity contribution in [1.82, 2.24) is 9.97 Å². The van der Waals surface area contributed by atoms with E-state index in [0.29, 0.717) is 6.54 Å². The maximum absolute atomic E-state index is 12.5. The maximum Gasteiger partial charge on any atom is 0.345 e. The number of rotatable bonds is 7. The number of nitrogens with one attached hydrogen (secondary N) is 1.